The molecule has 2 nitrogen and oxygen atoms in total. The van der Waals surface area contributed by atoms with Crippen molar-refractivity contribution in [3.8, 4) is 11.1 Å². The van der Waals surface area contributed by atoms with E-state index in [2.05, 4.69) is 5.32 Å². The highest BCUT2D eigenvalue weighted by Gasteiger charge is 2.30. The van der Waals surface area contributed by atoms with Gasteiger partial charge in [-0.25, -0.2) is 0 Å². The highest BCUT2D eigenvalue weighted by Crippen LogP contribution is 2.32. The van der Waals surface area contributed by atoms with E-state index in [9.17, 15) is 18.0 Å². The van der Waals surface area contributed by atoms with Crippen molar-refractivity contribution in [2.75, 3.05) is 5.32 Å². The summed E-state index contributed by atoms with van der Waals surface area (Å²) >= 11 is 0. The van der Waals surface area contributed by atoms with E-state index in [1.165, 1.54) is 12.1 Å². The summed E-state index contributed by atoms with van der Waals surface area (Å²) < 4.78 is 38.3. The SMILES string of the molecule is Cc1ccc(C(=O)Nc2ccccc2)c(-c2ccc(C(F)(F)F)cc2)c1. The molecule has 3 rings (SSSR count). The molecule has 132 valence electrons. The Labute approximate surface area is 149 Å². The van der Waals surface area contributed by atoms with Gasteiger partial charge in [-0.1, -0.05) is 48.0 Å². The number of halogens is 3. The lowest BCUT2D eigenvalue weighted by Crippen LogP contribution is -2.13. The number of carbonyl (C=O) groups is 1. The molecule has 3 aromatic carbocycles. The number of para-hydroxylation sites is 1. The first-order chi connectivity index (χ1) is 12.3. The van der Waals surface area contributed by atoms with Crippen molar-refractivity contribution in [3.05, 3.63) is 89.5 Å². The largest absolute Gasteiger partial charge is 0.416 e. The first kappa shape index (κ1) is 17.7. The maximum absolute atomic E-state index is 12.8. The van der Waals surface area contributed by atoms with Crippen molar-refractivity contribution in [1.82, 2.24) is 0 Å². The molecular weight excluding hydrogens is 339 g/mol. The lowest BCUT2D eigenvalue weighted by molar-refractivity contribution is -0.137. The molecule has 1 amide bonds. The van der Waals surface area contributed by atoms with Gasteiger partial charge in [-0.3, -0.25) is 4.79 Å². The summed E-state index contributed by atoms with van der Waals surface area (Å²) in [5, 5.41) is 2.80. The van der Waals surface area contributed by atoms with Gasteiger partial charge in [0, 0.05) is 11.3 Å². The highest BCUT2D eigenvalue weighted by atomic mass is 19.4. The van der Waals surface area contributed by atoms with Crippen molar-refractivity contribution in [2.24, 2.45) is 0 Å². The molecule has 0 aromatic heterocycles. The third kappa shape index (κ3) is 3.94. The summed E-state index contributed by atoms with van der Waals surface area (Å²) in [4.78, 5) is 12.7. The average Bonchev–Trinajstić information content (AvgIpc) is 2.62. The lowest BCUT2D eigenvalue weighted by atomic mass is 9.96. The second kappa shape index (κ2) is 7.04. The Morgan fingerprint density at radius 2 is 1.54 bits per heavy atom. The van der Waals surface area contributed by atoms with Crippen LogP contribution in [0.2, 0.25) is 0 Å². The molecule has 0 saturated heterocycles. The number of hydrogen-bond donors (Lipinski definition) is 1. The molecule has 0 aliphatic heterocycles. The van der Waals surface area contributed by atoms with Crippen LogP contribution in [0, 0.1) is 6.92 Å². The van der Waals surface area contributed by atoms with Crippen molar-refractivity contribution in [3.63, 3.8) is 0 Å². The first-order valence-electron chi connectivity index (χ1n) is 7.99. The maximum atomic E-state index is 12.8. The van der Waals surface area contributed by atoms with Crippen LogP contribution in [0.3, 0.4) is 0 Å². The number of nitrogens with one attached hydrogen (secondary N) is 1. The molecule has 0 unspecified atom stereocenters. The number of alkyl halides is 3. The highest BCUT2D eigenvalue weighted by molar-refractivity contribution is 6.08. The van der Waals surface area contributed by atoms with E-state index < -0.39 is 11.7 Å². The fraction of sp³-hybridized carbons (Fsp3) is 0.0952. The third-order valence-corrected chi connectivity index (χ3v) is 3.97. The topological polar surface area (TPSA) is 29.1 Å². The van der Waals surface area contributed by atoms with Gasteiger partial charge in [-0.05, 0) is 48.4 Å². The summed E-state index contributed by atoms with van der Waals surface area (Å²) in [7, 11) is 0. The second-order valence-electron chi connectivity index (χ2n) is 5.94. The molecular formula is C21H16F3NO. The monoisotopic (exact) mass is 355 g/mol. The quantitative estimate of drug-likeness (QED) is 0.619. The minimum Gasteiger partial charge on any atom is -0.322 e. The Morgan fingerprint density at radius 1 is 0.885 bits per heavy atom. The Morgan fingerprint density at radius 3 is 2.15 bits per heavy atom. The van der Waals surface area contributed by atoms with Crippen LogP contribution in [0.15, 0.2) is 72.8 Å². The molecule has 0 aliphatic rings. The smallest absolute Gasteiger partial charge is 0.322 e. The Hall–Kier alpha value is -3.08. The molecule has 0 atom stereocenters. The summed E-state index contributed by atoms with van der Waals surface area (Å²) in [5.41, 5.74) is 2.39. The average molecular weight is 355 g/mol. The predicted molar refractivity (Wildman–Crippen MR) is 96.0 cm³/mol. The fourth-order valence-corrected chi connectivity index (χ4v) is 2.65. The summed E-state index contributed by atoms with van der Waals surface area (Å²) in [6.45, 7) is 1.87. The van der Waals surface area contributed by atoms with E-state index in [0.717, 1.165) is 17.7 Å². The number of anilines is 1. The standard InChI is InChI=1S/C21H16F3NO/c1-14-7-12-18(20(26)25-17-5-3-2-4-6-17)19(13-14)15-8-10-16(11-9-15)21(22,23)24/h2-13H,1H3,(H,25,26). The van der Waals surface area contributed by atoms with Gasteiger partial charge in [0.1, 0.15) is 0 Å². The van der Waals surface area contributed by atoms with Crippen molar-refractivity contribution in [1.29, 1.82) is 0 Å². The summed E-state index contributed by atoms with van der Waals surface area (Å²) in [6.07, 6.45) is -4.39. The molecule has 3 aromatic rings. The van der Waals surface area contributed by atoms with E-state index >= 15 is 0 Å². The molecule has 26 heavy (non-hydrogen) atoms. The van der Waals surface area contributed by atoms with Crippen molar-refractivity contribution < 1.29 is 18.0 Å². The van der Waals surface area contributed by atoms with E-state index in [1.807, 2.05) is 25.1 Å². The van der Waals surface area contributed by atoms with Crippen LogP contribution in [0.5, 0.6) is 0 Å². The molecule has 1 N–H and O–H groups in total. The van der Waals surface area contributed by atoms with Crippen LogP contribution in [-0.4, -0.2) is 5.91 Å². The van der Waals surface area contributed by atoms with Gasteiger partial charge < -0.3 is 5.32 Å². The van der Waals surface area contributed by atoms with Gasteiger partial charge in [-0.2, -0.15) is 13.2 Å². The molecule has 0 bridgehead atoms. The maximum Gasteiger partial charge on any atom is 0.416 e. The number of aryl methyl sites for hydroxylation is 1. The van der Waals surface area contributed by atoms with Gasteiger partial charge in [-0.15, -0.1) is 0 Å². The van der Waals surface area contributed by atoms with E-state index in [0.29, 0.717) is 22.4 Å². The zero-order chi connectivity index (χ0) is 18.7. The van der Waals surface area contributed by atoms with E-state index in [4.69, 9.17) is 0 Å². The Kier molecular flexibility index (Phi) is 4.80. The molecule has 5 heteroatoms. The normalized spacial score (nSPS) is 11.2. The third-order valence-electron chi connectivity index (χ3n) is 3.97. The molecule has 0 spiro atoms. The van der Waals surface area contributed by atoms with Gasteiger partial charge in [0.2, 0.25) is 0 Å². The number of benzene rings is 3. The first-order valence-corrected chi connectivity index (χ1v) is 7.99. The van der Waals surface area contributed by atoms with E-state index in [-0.39, 0.29) is 5.91 Å². The lowest BCUT2D eigenvalue weighted by Gasteiger charge is -2.13. The zero-order valence-corrected chi connectivity index (χ0v) is 14.0. The van der Waals surface area contributed by atoms with Crippen LogP contribution in [-0.2, 0) is 6.18 Å². The summed E-state index contributed by atoms with van der Waals surface area (Å²) in [5.74, 6) is -0.314. The Balaban J connectivity index is 1.97. The number of rotatable bonds is 3. The van der Waals surface area contributed by atoms with Gasteiger partial charge in [0.05, 0.1) is 5.56 Å². The molecule has 0 radical (unpaired) electrons. The van der Waals surface area contributed by atoms with Crippen LogP contribution in [0.25, 0.3) is 11.1 Å². The van der Waals surface area contributed by atoms with E-state index in [1.54, 1.807) is 30.3 Å². The number of amides is 1. The second-order valence-corrected chi connectivity index (χ2v) is 5.94. The zero-order valence-electron chi connectivity index (χ0n) is 14.0. The minimum absolute atomic E-state index is 0.314. The minimum atomic E-state index is -4.39. The van der Waals surface area contributed by atoms with Gasteiger partial charge in [0.25, 0.3) is 5.91 Å². The van der Waals surface area contributed by atoms with Crippen molar-refractivity contribution >= 4 is 11.6 Å². The molecule has 0 fully saturated rings. The molecule has 0 saturated carbocycles. The van der Waals surface area contributed by atoms with Crippen LogP contribution in [0.1, 0.15) is 21.5 Å². The Bertz CT molecular complexity index is 916. The molecule has 0 aliphatic carbocycles. The predicted octanol–water partition coefficient (Wildman–Crippen LogP) is 5.93. The summed E-state index contributed by atoms with van der Waals surface area (Å²) in [6, 6.07) is 19.1. The van der Waals surface area contributed by atoms with Crippen LogP contribution in [0.4, 0.5) is 18.9 Å². The van der Waals surface area contributed by atoms with Crippen LogP contribution < -0.4 is 5.32 Å². The number of hydrogen-bond acceptors (Lipinski definition) is 1. The van der Waals surface area contributed by atoms with Gasteiger partial charge in [0.15, 0.2) is 0 Å². The fourth-order valence-electron chi connectivity index (χ4n) is 2.65. The van der Waals surface area contributed by atoms with Crippen LogP contribution >= 0.6 is 0 Å². The number of carbonyl (C=O) groups excluding carboxylic acids is 1. The van der Waals surface area contributed by atoms with Crippen molar-refractivity contribution in [2.45, 2.75) is 13.1 Å². The van der Waals surface area contributed by atoms with Gasteiger partial charge >= 0.3 is 6.18 Å². The molecule has 0 heterocycles.